The number of nitrogens with zero attached hydrogens (tertiary/aromatic N) is 2. The molecule has 1 aromatic carbocycles. The molecule has 2 nitrogen and oxygen atoms in total. The van der Waals surface area contributed by atoms with Crippen LogP contribution in [0.2, 0.25) is 5.02 Å². The Hall–Kier alpha value is -1.71. The summed E-state index contributed by atoms with van der Waals surface area (Å²) in [4.78, 5) is 8.63. The average molecular weight is 273 g/mol. The minimum absolute atomic E-state index is 0.728. The molecule has 0 saturated heterocycles. The van der Waals surface area contributed by atoms with Gasteiger partial charge in [-0.1, -0.05) is 23.7 Å². The van der Waals surface area contributed by atoms with E-state index in [1.807, 2.05) is 41.8 Å². The van der Waals surface area contributed by atoms with Crippen molar-refractivity contribution < 1.29 is 0 Å². The first-order chi connectivity index (χ1) is 8.83. The van der Waals surface area contributed by atoms with Gasteiger partial charge >= 0.3 is 0 Å². The summed E-state index contributed by atoms with van der Waals surface area (Å²) < 4.78 is 0. The van der Waals surface area contributed by atoms with Gasteiger partial charge in [-0.2, -0.15) is 0 Å². The van der Waals surface area contributed by atoms with Crippen LogP contribution in [-0.4, -0.2) is 9.97 Å². The van der Waals surface area contributed by atoms with Gasteiger partial charge in [-0.15, -0.1) is 11.3 Å². The monoisotopic (exact) mass is 272 g/mol. The molecule has 0 fully saturated rings. The molecule has 0 aliphatic rings. The zero-order chi connectivity index (χ0) is 12.4. The van der Waals surface area contributed by atoms with E-state index in [1.165, 1.54) is 0 Å². The highest BCUT2D eigenvalue weighted by molar-refractivity contribution is 7.13. The molecule has 0 aliphatic heterocycles. The molecule has 0 bridgehead atoms. The molecule has 0 radical (unpaired) electrons. The molecule has 0 aliphatic carbocycles. The van der Waals surface area contributed by atoms with E-state index in [1.54, 1.807) is 23.7 Å². The van der Waals surface area contributed by atoms with Crippen LogP contribution in [-0.2, 0) is 0 Å². The second-order valence-electron chi connectivity index (χ2n) is 3.78. The fraction of sp³-hybridized carbons (Fsp3) is 0. The summed E-state index contributed by atoms with van der Waals surface area (Å²) in [6.07, 6.45) is 3.55. The first-order valence-electron chi connectivity index (χ1n) is 5.45. The van der Waals surface area contributed by atoms with Crippen LogP contribution in [0.5, 0.6) is 0 Å². The maximum Gasteiger partial charge on any atom is 0.124 e. The van der Waals surface area contributed by atoms with Crippen molar-refractivity contribution in [3.05, 3.63) is 59.2 Å². The van der Waals surface area contributed by atoms with Crippen molar-refractivity contribution in [3.63, 3.8) is 0 Å². The minimum atomic E-state index is 0.728. The van der Waals surface area contributed by atoms with E-state index in [2.05, 4.69) is 9.97 Å². The van der Waals surface area contributed by atoms with E-state index in [-0.39, 0.29) is 0 Å². The fourth-order valence-corrected chi connectivity index (χ4v) is 2.71. The molecule has 3 aromatic rings. The van der Waals surface area contributed by atoms with Crippen molar-refractivity contribution in [1.82, 2.24) is 9.97 Å². The van der Waals surface area contributed by atoms with E-state index in [4.69, 9.17) is 11.6 Å². The van der Waals surface area contributed by atoms with Crippen LogP contribution in [0.4, 0.5) is 0 Å². The molecule has 4 heteroatoms. The van der Waals surface area contributed by atoms with Crippen molar-refractivity contribution in [2.75, 3.05) is 0 Å². The Morgan fingerprint density at radius 3 is 2.61 bits per heavy atom. The number of rotatable bonds is 2. The molecule has 2 heterocycles. The highest BCUT2D eigenvalue weighted by atomic mass is 35.5. The number of halogens is 1. The normalized spacial score (nSPS) is 10.5. The first-order valence-corrected chi connectivity index (χ1v) is 6.70. The van der Waals surface area contributed by atoms with E-state index in [0.29, 0.717) is 0 Å². The van der Waals surface area contributed by atoms with Crippen LogP contribution < -0.4 is 0 Å². The van der Waals surface area contributed by atoms with E-state index >= 15 is 0 Å². The molecule has 0 spiro atoms. The van der Waals surface area contributed by atoms with E-state index in [0.717, 1.165) is 26.9 Å². The van der Waals surface area contributed by atoms with Gasteiger partial charge in [-0.3, -0.25) is 4.98 Å². The molecule has 0 amide bonds. The highest BCUT2D eigenvalue weighted by Gasteiger charge is 2.06. The Labute approximate surface area is 114 Å². The zero-order valence-corrected chi connectivity index (χ0v) is 10.9. The molecule has 0 unspecified atom stereocenters. The van der Waals surface area contributed by atoms with Crippen LogP contribution in [0.15, 0.2) is 54.2 Å². The highest BCUT2D eigenvalue weighted by Crippen LogP contribution is 2.29. The maximum atomic E-state index is 5.99. The van der Waals surface area contributed by atoms with Crippen molar-refractivity contribution in [3.8, 4) is 21.8 Å². The van der Waals surface area contributed by atoms with Gasteiger partial charge in [0.15, 0.2) is 0 Å². The lowest BCUT2D eigenvalue weighted by molar-refractivity contribution is 1.32. The fourth-order valence-electron chi connectivity index (χ4n) is 1.68. The molecule has 2 aromatic heterocycles. The Morgan fingerprint density at radius 1 is 1.00 bits per heavy atom. The predicted octanol–water partition coefficient (Wildman–Crippen LogP) is 4.53. The molecule has 0 saturated carbocycles. The lowest BCUT2D eigenvalue weighted by atomic mass is 10.2. The SMILES string of the molecule is Clc1cccc(-c2csc(-c3ccncc3)n2)c1. The third kappa shape index (κ3) is 2.28. The Morgan fingerprint density at radius 2 is 1.83 bits per heavy atom. The first kappa shape index (κ1) is 11.4. The van der Waals surface area contributed by atoms with Crippen LogP contribution >= 0.6 is 22.9 Å². The lowest BCUT2D eigenvalue weighted by Gasteiger charge is -1.97. The van der Waals surface area contributed by atoms with Crippen LogP contribution in [0.3, 0.4) is 0 Å². The topological polar surface area (TPSA) is 25.8 Å². The molecule has 18 heavy (non-hydrogen) atoms. The molecule has 88 valence electrons. The van der Waals surface area contributed by atoms with Crippen molar-refractivity contribution in [1.29, 1.82) is 0 Å². The number of aromatic nitrogens is 2. The number of thiazole rings is 1. The summed E-state index contributed by atoms with van der Waals surface area (Å²) >= 11 is 7.61. The summed E-state index contributed by atoms with van der Waals surface area (Å²) in [7, 11) is 0. The number of pyridine rings is 1. The summed E-state index contributed by atoms with van der Waals surface area (Å²) in [6, 6.07) is 11.6. The van der Waals surface area contributed by atoms with Gasteiger partial charge in [-0.05, 0) is 24.3 Å². The van der Waals surface area contributed by atoms with Crippen molar-refractivity contribution in [2.45, 2.75) is 0 Å². The molecular formula is C14H9ClN2S. The Bertz CT molecular complexity index is 664. The second kappa shape index (κ2) is 4.88. The van der Waals surface area contributed by atoms with Gasteiger partial charge in [0.2, 0.25) is 0 Å². The minimum Gasteiger partial charge on any atom is -0.265 e. The third-order valence-corrected chi connectivity index (χ3v) is 3.68. The van der Waals surface area contributed by atoms with Gasteiger partial charge in [0.05, 0.1) is 5.69 Å². The largest absolute Gasteiger partial charge is 0.265 e. The summed E-state index contributed by atoms with van der Waals surface area (Å²) in [6.45, 7) is 0. The van der Waals surface area contributed by atoms with Crippen LogP contribution in [0, 0.1) is 0 Å². The van der Waals surface area contributed by atoms with Crippen molar-refractivity contribution >= 4 is 22.9 Å². The molecule has 3 rings (SSSR count). The number of hydrogen-bond acceptors (Lipinski definition) is 3. The van der Waals surface area contributed by atoms with Gasteiger partial charge in [0.1, 0.15) is 5.01 Å². The summed E-state index contributed by atoms with van der Waals surface area (Å²) in [5.74, 6) is 0. The van der Waals surface area contributed by atoms with Gasteiger partial charge in [-0.25, -0.2) is 4.98 Å². The second-order valence-corrected chi connectivity index (χ2v) is 5.08. The summed E-state index contributed by atoms with van der Waals surface area (Å²) in [5.41, 5.74) is 3.08. The molecule has 0 atom stereocenters. The van der Waals surface area contributed by atoms with Crippen LogP contribution in [0.1, 0.15) is 0 Å². The average Bonchev–Trinajstić information content (AvgIpc) is 2.89. The lowest BCUT2D eigenvalue weighted by Crippen LogP contribution is -1.80. The smallest absolute Gasteiger partial charge is 0.124 e. The Balaban J connectivity index is 2.00. The zero-order valence-electron chi connectivity index (χ0n) is 9.38. The maximum absolute atomic E-state index is 5.99. The number of hydrogen-bond donors (Lipinski definition) is 0. The Kier molecular flexibility index (Phi) is 3.09. The van der Waals surface area contributed by atoms with Crippen LogP contribution in [0.25, 0.3) is 21.8 Å². The standard InChI is InChI=1S/C14H9ClN2S/c15-12-3-1-2-11(8-12)13-9-18-14(17-13)10-4-6-16-7-5-10/h1-9H. The van der Waals surface area contributed by atoms with Gasteiger partial charge < -0.3 is 0 Å². The molecular weight excluding hydrogens is 264 g/mol. The summed E-state index contributed by atoms with van der Waals surface area (Å²) in [5, 5.41) is 3.76. The molecule has 0 N–H and O–H groups in total. The van der Waals surface area contributed by atoms with E-state index < -0.39 is 0 Å². The van der Waals surface area contributed by atoms with Gasteiger partial charge in [0, 0.05) is 33.9 Å². The van der Waals surface area contributed by atoms with E-state index in [9.17, 15) is 0 Å². The van der Waals surface area contributed by atoms with Gasteiger partial charge in [0.25, 0.3) is 0 Å². The predicted molar refractivity (Wildman–Crippen MR) is 75.8 cm³/mol. The third-order valence-electron chi connectivity index (χ3n) is 2.55. The number of benzene rings is 1. The quantitative estimate of drug-likeness (QED) is 0.685. The van der Waals surface area contributed by atoms with Crippen molar-refractivity contribution in [2.24, 2.45) is 0 Å².